The smallest absolute Gasteiger partial charge is 0.416 e. The first kappa shape index (κ1) is 13.8. The average molecular weight is 267 g/mol. The highest BCUT2D eigenvalue weighted by Gasteiger charge is 2.31. The Kier molecular flexibility index (Phi) is 4.40. The molecule has 0 amide bonds. The van der Waals surface area contributed by atoms with Crippen LogP contribution in [0.3, 0.4) is 0 Å². The highest BCUT2D eigenvalue weighted by molar-refractivity contribution is 6.31. The molecule has 0 atom stereocenters. The topological polar surface area (TPSA) is 26.3 Å². The minimum absolute atomic E-state index is 0.111. The SMILES string of the molecule is CCOC(=O)Cc1cc(C(F)(F)F)ccc1Cl. The summed E-state index contributed by atoms with van der Waals surface area (Å²) in [6.45, 7) is 1.79. The number of ether oxygens (including phenoxy) is 1. The summed E-state index contributed by atoms with van der Waals surface area (Å²) in [7, 11) is 0. The van der Waals surface area contributed by atoms with E-state index < -0.39 is 17.7 Å². The van der Waals surface area contributed by atoms with E-state index in [1.165, 1.54) is 0 Å². The van der Waals surface area contributed by atoms with Gasteiger partial charge in [0.2, 0.25) is 0 Å². The molecule has 17 heavy (non-hydrogen) atoms. The van der Waals surface area contributed by atoms with Crippen LogP contribution in [0, 0.1) is 0 Å². The van der Waals surface area contributed by atoms with Crippen molar-refractivity contribution in [2.24, 2.45) is 0 Å². The molecule has 0 aliphatic carbocycles. The van der Waals surface area contributed by atoms with Crippen molar-refractivity contribution in [2.45, 2.75) is 19.5 Å². The Hall–Kier alpha value is -1.23. The van der Waals surface area contributed by atoms with E-state index in [-0.39, 0.29) is 23.6 Å². The lowest BCUT2D eigenvalue weighted by Gasteiger charge is -2.10. The first-order valence-corrected chi connectivity index (χ1v) is 5.23. The standard InChI is InChI=1S/C11H10ClF3O2/c1-2-17-10(16)6-7-5-8(11(13,14)15)3-4-9(7)12/h3-5H,2,6H2,1H3. The van der Waals surface area contributed by atoms with Crippen molar-refractivity contribution in [1.82, 2.24) is 0 Å². The van der Waals surface area contributed by atoms with Crippen LogP contribution in [0.15, 0.2) is 18.2 Å². The molecule has 0 bridgehead atoms. The molecule has 94 valence electrons. The van der Waals surface area contributed by atoms with Crippen LogP contribution in [0.4, 0.5) is 13.2 Å². The highest BCUT2D eigenvalue weighted by Crippen LogP contribution is 2.31. The number of halogens is 4. The van der Waals surface area contributed by atoms with Gasteiger partial charge in [-0.1, -0.05) is 11.6 Å². The van der Waals surface area contributed by atoms with E-state index in [9.17, 15) is 18.0 Å². The average Bonchev–Trinajstić information content (AvgIpc) is 2.20. The van der Waals surface area contributed by atoms with Crippen LogP contribution in [0.1, 0.15) is 18.1 Å². The molecule has 0 fully saturated rings. The van der Waals surface area contributed by atoms with Crippen LogP contribution >= 0.6 is 11.6 Å². The fourth-order valence-corrected chi connectivity index (χ4v) is 1.44. The molecule has 0 radical (unpaired) electrons. The van der Waals surface area contributed by atoms with Crippen molar-refractivity contribution in [3.05, 3.63) is 34.3 Å². The number of hydrogen-bond acceptors (Lipinski definition) is 2. The van der Waals surface area contributed by atoms with Crippen molar-refractivity contribution in [3.63, 3.8) is 0 Å². The molecule has 6 heteroatoms. The molecule has 1 rings (SSSR count). The second kappa shape index (κ2) is 5.40. The van der Waals surface area contributed by atoms with Crippen LogP contribution in [0.2, 0.25) is 5.02 Å². The monoisotopic (exact) mass is 266 g/mol. The summed E-state index contributed by atoms with van der Waals surface area (Å²) in [5.74, 6) is -0.603. The van der Waals surface area contributed by atoms with E-state index >= 15 is 0 Å². The Balaban J connectivity index is 2.95. The van der Waals surface area contributed by atoms with Gasteiger partial charge in [0.25, 0.3) is 0 Å². The van der Waals surface area contributed by atoms with E-state index in [0.717, 1.165) is 18.2 Å². The third kappa shape index (κ3) is 3.93. The summed E-state index contributed by atoms with van der Waals surface area (Å²) in [6, 6.07) is 2.86. The zero-order valence-corrected chi connectivity index (χ0v) is 9.73. The Morgan fingerprint density at radius 1 is 1.41 bits per heavy atom. The van der Waals surface area contributed by atoms with Crippen molar-refractivity contribution in [1.29, 1.82) is 0 Å². The second-order valence-corrected chi connectivity index (χ2v) is 3.69. The molecule has 0 saturated carbocycles. The Morgan fingerprint density at radius 3 is 2.59 bits per heavy atom. The number of hydrogen-bond donors (Lipinski definition) is 0. The summed E-state index contributed by atoms with van der Waals surface area (Å²) in [4.78, 5) is 11.2. The largest absolute Gasteiger partial charge is 0.466 e. The van der Waals surface area contributed by atoms with Crippen molar-refractivity contribution < 1.29 is 22.7 Å². The van der Waals surface area contributed by atoms with E-state index in [2.05, 4.69) is 4.74 Å². The molecule has 0 aliphatic heterocycles. The first-order valence-electron chi connectivity index (χ1n) is 4.86. The van der Waals surface area contributed by atoms with Gasteiger partial charge in [-0.3, -0.25) is 4.79 Å². The molecule has 0 saturated heterocycles. The minimum atomic E-state index is -4.45. The lowest BCUT2D eigenvalue weighted by molar-refractivity contribution is -0.142. The fraction of sp³-hybridized carbons (Fsp3) is 0.364. The maximum atomic E-state index is 12.4. The van der Waals surface area contributed by atoms with Gasteiger partial charge in [-0.25, -0.2) is 0 Å². The maximum Gasteiger partial charge on any atom is 0.416 e. The molecule has 0 spiro atoms. The van der Waals surface area contributed by atoms with Crippen LogP contribution in [-0.2, 0) is 22.1 Å². The van der Waals surface area contributed by atoms with Crippen molar-refractivity contribution in [2.75, 3.05) is 6.61 Å². The third-order valence-corrected chi connectivity index (χ3v) is 2.38. The maximum absolute atomic E-state index is 12.4. The fourth-order valence-electron chi connectivity index (χ4n) is 1.25. The van der Waals surface area contributed by atoms with Crippen LogP contribution in [0.25, 0.3) is 0 Å². The van der Waals surface area contributed by atoms with Crippen molar-refractivity contribution in [3.8, 4) is 0 Å². The molecule has 0 heterocycles. The Bertz CT molecular complexity index is 416. The van der Waals surface area contributed by atoms with Crippen LogP contribution in [-0.4, -0.2) is 12.6 Å². The van der Waals surface area contributed by atoms with Crippen LogP contribution < -0.4 is 0 Å². The molecule has 1 aromatic rings. The molecule has 0 aromatic heterocycles. The van der Waals surface area contributed by atoms with Gasteiger partial charge < -0.3 is 4.74 Å². The Morgan fingerprint density at radius 2 is 2.06 bits per heavy atom. The summed E-state index contributed by atoms with van der Waals surface area (Å²) >= 11 is 5.72. The molecule has 2 nitrogen and oxygen atoms in total. The number of esters is 1. The van der Waals surface area contributed by atoms with Gasteiger partial charge in [-0.2, -0.15) is 13.2 Å². The van der Waals surface area contributed by atoms with Gasteiger partial charge in [-0.05, 0) is 30.7 Å². The lowest BCUT2D eigenvalue weighted by atomic mass is 10.1. The van der Waals surface area contributed by atoms with Gasteiger partial charge in [0.1, 0.15) is 0 Å². The molecular formula is C11H10ClF3O2. The van der Waals surface area contributed by atoms with E-state index in [0.29, 0.717) is 0 Å². The minimum Gasteiger partial charge on any atom is -0.466 e. The summed E-state index contributed by atoms with van der Waals surface area (Å²) in [5.41, 5.74) is -0.721. The summed E-state index contributed by atoms with van der Waals surface area (Å²) in [6.07, 6.45) is -4.72. The van der Waals surface area contributed by atoms with E-state index in [1.807, 2.05) is 0 Å². The summed E-state index contributed by atoms with van der Waals surface area (Å²) in [5, 5.41) is 0.117. The molecule has 0 N–H and O–H groups in total. The van der Waals surface area contributed by atoms with Gasteiger partial charge in [-0.15, -0.1) is 0 Å². The number of rotatable bonds is 3. The summed E-state index contributed by atoms with van der Waals surface area (Å²) < 4.78 is 41.9. The molecule has 0 aliphatic rings. The van der Waals surface area contributed by atoms with Gasteiger partial charge in [0, 0.05) is 5.02 Å². The Labute approximate surface area is 101 Å². The van der Waals surface area contributed by atoms with Gasteiger partial charge in [0.15, 0.2) is 0 Å². The van der Waals surface area contributed by atoms with Crippen molar-refractivity contribution >= 4 is 17.6 Å². The molecule has 0 unspecified atom stereocenters. The number of benzene rings is 1. The van der Waals surface area contributed by atoms with Gasteiger partial charge >= 0.3 is 12.1 Å². The van der Waals surface area contributed by atoms with Gasteiger partial charge in [0.05, 0.1) is 18.6 Å². The third-order valence-electron chi connectivity index (χ3n) is 2.01. The number of carbonyl (C=O) groups is 1. The predicted molar refractivity (Wildman–Crippen MR) is 56.8 cm³/mol. The quantitative estimate of drug-likeness (QED) is 0.783. The van der Waals surface area contributed by atoms with Crippen LogP contribution in [0.5, 0.6) is 0 Å². The first-order chi connectivity index (χ1) is 7.84. The zero-order valence-electron chi connectivity index (χ0n) is 8.97. The molecular weight excluding hydrogens is 257 g/mol. The second-order valence-electron chi connectivity index (χ2n) is 3.29. The van der Waals surface area contributed by atoms with E-state index in [4.69, 9.17) is 11.6 Å². The highest BCUT2D eigenvalue weighted by atomic mass is 35.5. The number of carbonyl (C=O) groups excluding carboxylic acids is 1. The number of alkyl halides is 3. The zero-order chi connectivity index (χ0) is 13.1. The van der Waals surface area contributed by atoms with E-state index in [1.54, 1.807) is 6.92 Å². The normalized spacial score (nSPS) is 11.4. The predicted octanol–water partition coefficient (Wildman–Crippen LogP) is 3.46. The molecule has 1 aromatic carbocycles. The lowest BCUT2D eigenvalue weighted by Crippen LogP contribution is -2.10.